The van der Waals surface area contributed by atoms with E-state index in [1.54, 1.807) is 12.3 Å². The summed E-state index contributed by atoms with van der Waals surface area (Å²) in [5.41, 5.74) is 0.429. The highest BCUT2D eigenvalue weighted by Crippen LogP contribution is 2.15. The molecule has 2 aromatic heterocycles. The third-order valence-electron chi connectivity index (χ3n) is 2.36. The van der Waals surface area contributed by atoms with Crippen LogP contribution in [0.5, 0.6) is 0 Å². The molecule has 0 saturated carbocycles. The van der Waals surface area contributed by atoms with Crippen molar-refractivity contribution in [3.05, 3.63) is 45.9 Å². The van der Waals surface area contributed by atoms with Gasteiger partial charge in [0.05, 0.1) is 18.4 Å². The van der Waals surface area contributed by atoms with E-state index in [4.69, 9.17) is 0 Å². The number of rotatable bonds is 6. The van der Waals surface area contributed by atoms with Crippen molar-refractivity contribution in [1.29, 1.82) is 0 Å². The van der Waals surface area contributed by atoms with E-state index in [-0.39, 0.29) is 5.56 Å². The van der Waals surface area contributed by atoms with Gasteiger partial charge in [-0.25, -0.2) is 4.68 Å². The van der Waals surface area contributed by atoms with Gasteiger partial charge in [-0.15, -0.1) is 6.58 Å². The molecule has 0 spiro atoms. The van der Waals surface area contributed by atoms with Gasteiger partial charge in [-0.05, 0) is 15.9 Å². The Morgan fingerprint density at radius 3 is 3.11 bits per heavy atom. The van der Waals surface area contributed by atoms with E-state index in [0.717, 1.165) is 0 Å². The van der Waals surface area contributed by atoms with Crippen LogP contribution in [0.1, 0.15) is 5.82 Å². The number of halogens is 1. The van der Waals surface area contributed by atoms with E-state index < -0.39 is 0 Å². The summed E-state index contributed by atoms with van der Waals surface area (Å²) in [7, 11) is 0. The van der Waals surface area contributed by atoms with Gasteiger partial charge in [-0.2, -0.15) is 10.1 Å². The highest BCUT2D eigenvalue weighted by atomic mass is 79.9. The second-order valence-corrected chi connectivity index (χ2v) is 4.47. The molecule has 2 aromatic rings. The zero-order chi connectivity index (χ0) is 13.7. The number of anilines is 1. The summed E-state index contributed by atoms with van der Waals surface area (Å²) in [5, 5.41) is 10.8. The lowest BCUT2D eigenvalue weighted by molar-refractivity contribution is 0.410. The molecule has 0 aliphatic heterocycles. The molecular formula is C11H12BrN5O2. The number of hydrogen-bond donors (Lipinski definition) is 1. The topological polar surface area (TPSA) is 85.8 Å². The van der Waals surface area contributed by atoms with E-state index in [1.165, 1.54) is 11.1 Å². The second-order valence-electron chi connectivity index (χ2n) is 3.67. The predicted molar refractivity (Wildman–Crippen MR) is 72.9 cm³/mol. The van der Waals surface area contributed by atoms with Gasteiger partial charge < -0.3 is 9.84 Å². The Labute approximate surface area is 117 Å². The molecule has 0 saturated heterocycles. The first-order valence-corrected chi connectivity index (χ1v) is 6.37. The highest BCUT2D eigenvalue weighted by Gasteiger charge is 2.08. The summed E-state index contributed by atoms with van der Waals surface area (Å²) in [6.07, 6.45) is 5.08. The SMILES string of the molecule is C=CCn1ncc(NCCc2ncon2)c(Br)c1=O. The molecule has 8 heteroatoms. The average Bonchev–Trinajstić information content (AvgIpc) is 2.91. The summed E-state index contributed by atoms with van der Waals surface area (Å²) in [6.45, 7) is 4.52. The van der Waals surface area contributed by atoms with E-state index in [1.807, 2.05) is 0 Å². The Balaban J connectivity index is 2.02. The Morgan fingerprint density at radius 1 is 1.58 bits per heavy atom. The minimum Gasteiger partial charge on any atom is -0.382 e. The molecule has 2 rings (SSSR count). The lowest BCUT2D eigenvalue weighted by Crippen LogP contribution is -2.24. The summed E-state index contributed by atoms with van der Waals surface area (Å²) < 4.78 is 6.39. The molecule has 7 nitrogen and oxygen atoms in total. The van der Waals surface area contributed by atoms with Crippen LogP contribution in [0, 0.1) is 0 Å². The van der Waals surface area contributed by atoms with Crippen molar-refractivity contribution in [2.45, 2.75) is 13.0 Å². The van der Waals surface area contributed by atoms with Gasteiger partial charge in [0.1, 0.15) is 4.47 Å². The Kier molecular flexibility index (Phi) is 4.45. The molecule has 0 aliphatic rings. The third-order valence-corrected chi connectivity index (χ3v) is 3.12. The van der Waals surface area contributed by atoms with Crippen LogP contribution < -0.4 is 10.9 Å². The third kappa shape index (κ3) is 3.28. The molecule has 0 aliphatic carbocycles. The molecule has 0 radical (unpaired) electrons. The van der Waals surface area contributed by atoms with Crippen molar-refractivity contribution in [3.63, 3.8) is 0 Å². The molecule has 1 N–H and O–H groups in total. The van der Waals surface area contributed by atoms with Gasteiger partial charge in [0.15, 0.2) is 5.82 Å². The zero-order valence-corrected chi connectivity index (χ0v) is 11.6. The van der Waals surface area contributed by atoms with Gasteiger partial charge in [0.25, 0.3) is 5.56 Å². The highest BCUT2D eigenvalue weighted by molar-refractivity contribution is 9.10. The van der Waals surface area contributed by atoms with Crippen molar-refractivity contribution in [2.75, 3.05) is 11.9 Å². The van der Waals surface area contributed by atoms with Crippen LogP contribution >= 0.6 is 15.9 Å². The van der Waals surface area contributed by atoms with E-state index in [2.05, 4.69) is 47.6 Å². The fourth-order valence-electron chi connectivity index (χ4n) is 1.45. The first kappa shape index (κ1) is 13.5. The largest absolute Gasteiger partial charge is 0.382 e. The van der Waals surface area contributed by atoms with Gasteiger partial charge in [-0.1, -0.05) is 11.2 Å². The molecule has 0 bridgehead atoms. The van der Waals surface area contributed by atoms with Crippen LogP contribution in [0.15, 0.2) is 39.0 Å². The van der Waals surface area contributed by atoms with Crippen LogP contribution in [-0.2, 0) is 13.0 Å². The van der Waals surface area contributed by atoms with E-state index in [9.17, 15) is 4.79 Å². The van der Waals surface area contributed by atoms with Gasteiger partial charge in [-0.3, -0.25) is 4.79 Å². The summed E-state index contributed by atoms with van der Waals surface area (Å²) in [4.78, 5) is 15.8. The first-order chi connectivity index (χ1) is 9.22. The summed E-state index contributed by atoms with van der Waals surface area (Å²) in [5.74, 6) is 0.608. The number of allylic oxidation sites excluding steroid dienone is 1. The van der Waals surface area contributed by atoms with Crippen LogP contribution in [0.25, 0.3) is 0 Å². The number of hydrogen-bond acceptors (Lipinski definition) is 6. The minimum absolute atomic E-state index is 0.204. The molecule has 100 valence electrons. The quantitative estimate of drug-likeness (QED) is 0.804. The normalized spacial score (nSPS) is 10.4. The maximum absolute atomic E-state index is 11.9. The standard InChI is InChI=1S/C11H12BrN5O2/c1-2-5-17-11(18)10(12)8(6-15-17)13-4-3-9-14-7-19-16-9/h2,6-7,13H,1,3-5H2. The lowest BCUT2D eigenvalue weighted by Gasteiger charge is -2.08. The van der Waals surface area contributed by atoms with E-state index >= 15 is 0 Å². The fraction of sp³-hybridized carbons (Fsp3) is 0.273. The number of nitrogens with zero attached hydrogens (tertiary/aromatic N) is 4. The Hall–Kier alpha value is -1.96. The smallest absolute Gasteiger partial charge is 0.283 e. The van der Waals surface area contributed by atoms with Crippen LogP contribution in [0.4, 0.5) is 5.69 Å². The summed E-state index contributed by atoms with van der Waals surface area (Å²) in [6, 6.07) is 0. The van der Waals surface area contributed by atoms with Crippen LogP contribution in [-0.4, -0.2) is 26.5 Å². The van der Waals surface area contributed by atoms with Gasteiger partial charge in [0.2, 0.25) is 6.39 Å². The Morgan fingerprint density at radius 2 is 2.42 bits per heavy atom. The molecule has 0 atom stereocenters. The van der Waals surface area contributed by atoms with Crippen LogP contribution in [0.2, 0.25) is 0 Å². The van der Waals surface area contributed by atoms with E-state index in [0.29, 0.717) is 35.5 Å². The molecule has 2 heterocycles. The van der Waals surface area contributed by atoms with Crippen molar-refractivity contribution >= 4 is 21.6 Å². The predicted octanol–water partition coefficient (Wildman–Crippen LogP) is 1.23. The molecule has 19 heavy (non-hydrogen) atoms. The van der Waals surface area contributed by atoms with Gasteiger partial charge in [0, 0.05) is 13.0 Å². The maximum atomic E-state index is 11.9. The number of nitrogens with one attached hydrogen (secondary N) is 1. The zero-order valence-electron chi connectivity index (χ0n) is 10.0. The molecular weight excluding hydrogens is 314 g/mol. The van der Waals surface area contributed by atoms with Crippen LogP contribution in [0.3, 0.4) is 0 Å². The number of aromatic nitrogens is 4. The summed E-state index contributed by atoms with van der Waals surface area (Å²) >= 11 is 3.26. The lowest BCUT2D eigenvalue weighted by atomic mass is 10.4. The molecule has 0 fully saturated rings. The second kappa shape index (κ2) is 6.28. The first-order valence-electron chi connectivity index (χ1n) is 5.58. The Bertz CT molecular complexity index is 608. The van der Waals surface area contributed by atoms with Crippen molar-refractivity contribution in [1.82, 2.24) is 19.9 Å². The molecule has 0 amide bonds. The fourth-order valence-corrected chi connectivity index (χ4v) is 1.90. The molecule has 0 aromatic carbocycles. The van der Waals surface area contributed by atoms with Crippen molar-refractivity contribution in [2.24, 2.45) is 0 Å². The average molecular weight is 326 g/mol. The van der Waals surface area contributed by atoms with Gasteiger partial charge >= 0.3 is 0 Å². The van der Waals surface area contributed by atoms with Crippen molar-refractivity contribution in [3.8, 4) is 0 Å². The van der Waals surface area contributed by atoms with Crippen molar-refractivity contribution < 1.29 is 4.52 Å². The monoisotopic (exact) mass is 325 g/mol. The minimum atomic E-state index is -0.204. The molecule has 0 unspecified atom stereocenters. The maximum Gasteiger partial charge on any atom is 0.283 e.